The maximum Gasteiger partial charge on any atom is 0.514 e. The number of aryl methyl sites for hydroxylation is 3. The van der Waals surface area contributed by atoms with Crippen LogP contribution < -0.4 is 14.8 Å². The number of benzene rings is 1. The molecule has 10 heteroatoms. The molecule has 186 valence electrons. The SMILES string of the molecule is COc1ccnc(C(=O)N[C@@H](C)c2nc(-c3cc(C)cc(C)c3)n(C)n2)c1OC(=O)OCC(C)C. The Balaban J connectivity index is 1.82. The summed E-state index contributed by atoms with van der Waals surface area (Å²) in [6, 6.07) is 7.09. The molecule has 1 N–H and O–H groups in total. The summed E-state index contributed by atoms with van der Waals surface area (Å²) < 4.78 is 17.3. The molecule has 35 heavy (non-hydrogen) atoms. The van der Waals surface area contributed by atoms with E-state index in [1.807, 2.05) is 39.8 Å². The molecule has 1 aromatic carbocycles. The van der Waals surface area contributed by atoms with E-state index in [2.05, 4.69) is 26.4 Å². The van der Waals surface area contributed by atoms with Crippen molar-refractivity contribution in [2.75, 3.05) is 13.7 Å². The molecule has 0 saturated carbocycles. The number of hydrogen-bond acceptors (Lipinski definition) is 8. The number of pyridine rings is 1. The van der Waals surface area contributed by atoms with Gasteiger partial charge in [0.05, 0.1) is 19.8 Å². The Morgan fingerprint density at radius 3 is 2.43 bits per heavy atom. The molecule has 1 atom stereocenters. The van der Waals surface area contributed by atoms with E-state index in [0.717, 1.165) is 16.7 Å². The van der Waals surface area contributed by atoms with Gasteiger partial charge in [-0.25, -0.2) is 19.4 Å². The van der Waals surface area contributed by atoms with Crippen LogP contribution in [0.15, 0.2) is 30.5 Å². The second-order valence-electron chi connectivity index (χ2n) is 8.74. The van der Waals surface area contributed by atoms with Gasteiger partial charge in [0.1, 0.15) is 0 Å². The normalized spacial score (nSPS) is 11.8. The first-order valence-corrected chi connectivity index (χ1v) is 11.3. The molecule has 1 amide bonds. The van der Waals surface area contributed by atoms with Crippen LogP contribution >= 0.6 is 0 Å². The lowest BCUT2D eigenvalue weighted by molar-refractivity contribution is 0.0852. The zero-order chi connectivity index (χ0) is 25.7. The molecule has 3 rings (SSSR count). The first-order chi connectivity index (χ1) is 16.6. The Morgan fingerprint density at radius 2 is 1.80 bits per heavy atom. The van der Waals surface area contributed by atoms with Crippen molar-refractivity contribution in [3.8, 4) is 22.9 Å². The Morgan fingerprint density at radius 1 is 1.11 bits per heavy atom. The molecule has 3 aromatic rings. The zero-order valence-electron chi connectivity index (χ0n) is 21.1. The van der Waals surface area contributed by atoms with Gasteiger partial charge in [-0.05, 0) is 38.8 Å². The van der Waals surface area contributed by atoms with E-state index in [0.29, 0.717) is 11.6 Å². The summed E-state index contributed by atoms with van der Waals surface area (Å²) in [6.07, 6.45) is 0.443. The largest absolute Gasteiger partial charge is 0.514 e. The van der Waals surface area contributed by atoms with E-state index in [9.17, 15) is 9.59 Å². The van der Waals surface area contributed by atoms with Crippen molar-refractivity contribution < 1.29 is 23.8 Å². The lowest BCUT2D eigenvalue weighted by Crippen LogP contribution is -2.29. The third-order valence-corrected chi connectivity index (χ3v) is 5.02. The Hall–Kier alpha value is -3.95. The van der Waals surface area contributed by atoms with Gasteiger partial charge in [-0.1, -0.05) is 31.0 Å². The number of nitrogens with zero attached hydrogens (tertiary/aromatic N) is 4. The number of hydrogen-bond donors (Lipinski definition) is 1. The molecule has 0 aliphatic heterocycles. The fourth-order valence-corrected chi connectivity index (χ4v) is 3.47. The average Bonchev–Trinajstić information content (AvgIpc) is 3.19. The van der Waals surface area contributed by atoms with Crippen LogP contribution in [0.1, 0.15) is 54.3 Å². The van der Waals surface area contributed by atoms with Crippen molar-refractivity contribution in [1.29, 1.82) is 0 Å². The number of carbonyl (C=O) groups excluding carboxylic acids is 2. The molecule has 2 heterocycles. The maximum absolute atomic E-state index is 13.1. The molecule has 10 nitrogen and oxygen atoms in total. The monoisotopic (exact) mass is 481 g/mol. The number of methoxy groups -OCH3 is 1. The maximum atomic E-state index is 13.1. The van der Waals surface area contributed by atoms with Gasteiger partial charge >= 0.3 is 6.16 Å². The van der Waals surface area contributed by atoms with E-state index in [4.69, 9.17) is 14.2 Å². The minimum absolute atomic E-state index is 0.122. The summed E-state index contributed by atoms with van der Waals surface area (Å²) >= 11 is 0. The number of ether oxygens (including phenoxy) is 3. The molecular formula is C25H31N5O5. The van der Waals surface area contributed by atoms with Gasteiger partial charge in [-0.15, -0.1) is 0 Å². The van der Waals surface area contributed by atoms with Gasteiger partial charge in [-0.2, -0.15) is 5.10 Å². The van der Waals surface area contributed by atoms with Crippen LogP contribution in [0.4, 0.5) is 4.79 Å². The minimum atomic E-state index is -0.948. The number of nitrogens with one attached hydrogen (secondary N) is 1. The lowest BCUT2D eigenvalue weighted by atomic mass is 10.1. The van der Waals surface area contributed by atoms with Gasteiger partial charge in [0.25, 0.3) is 5.91 Å². The smallest absolute Gasteiger partial charge is 0.493 e. The molecule has 0 aliphatic carbocycles. The second-order valence-corrected chi connectivity index (χ2v) is 8.74. The van der Waals surface area contributed by atoms with Crippen LogP contribution in [0.25, 0.3) is 11.4 Å². The molecule has 0 fully saturated rings. The van der Waals surface area contributed by atoms with Crippen LogP contribution in [0.3, 0.4) is 0 Å². The third-order valence-electron chi connectivity index (χ3n) is 5.02. The van der Waals surface area contributed by atoms with Crippen LogP contribution in [0, 0.1) is 19.8 Å². The number of aromatic nitrogens is 4. The van der Waals surface area contributed by atoms with Crippen molar-refractivity contribution in [3.05, 3.63) is 53.1 Å². The quantitative estimate of drug-likeness (QED) is 0.477. The summed E-state index contributed by atoms with van der Waals surface area (Å²) in [6.45, 7) is 9.78. The fourth-order valence-electron chi connectivity index (χ4n) is 3.47. The molecule has 0 saturated heterocycles. The molecule has 0 radical (unpaired) electrons. The van der Waals surface area contributed by atoms with Crippen LogP contribution in [-0.2, 0) is 11.8 Å². The van der Waals surface area contributed by atoms with Crippen molar-refractivity contribution in [1.82, 2.24) is 25.1 Å². The fraction of sp³-hybridized carbons (Fsp3) is 0.400. The van der Waals surface area contributed by atoms with Gasteiger partial charge < -0.3 is 19.5 Å². The van der Waals surface area contributed by atoms with E-state index >= 15 is 0 Å². The zero-order valence-corrected chi connectivity index (χ0v) is 21.1. The second kappa shape index (κ2) is 11.0. The average molecular weight is 482 g/mol. The van der Waals surface area contributed by atoms with E-state index in [1.165, 1.54) is 19.4 Å². The first kappa shape index (κ1) is 25.7. The van der Waals surface area contributed by atoms with Crippen LogP contribution in [-0.4, -0.2) is 45.5 Å². The minimum Gasteiger partial charge on any atom is -0.493 e. The van der Waals surface area contributed by atoms with Crippen LogP contribution in [0.5, 0.6) is 11.5 Å². The van der Waals surface area contributed by atoms with E-state index < -0.39 is 18.1 Å². The topological polar surface area (TPSA) is 117 Å². The predicted molar refractivity (Wildman–Crippen MR) is 129 cm³/mol. The van der Waals surface area contributed by atoms with Crippen molar-refractivity contribution in [3.63, 3.8) is 0 Å². The van der Waals surface area contributed by atoms with Gasteiger partial charge in [0, 0.05) is 24.9 Å². The Labute approximate surface area is 204 Å². The highest BCUT2D eigenvalue weighted by molar-refractivity contribution is 5.96. The summed E-state index contributed by atoms with van der Waals surface area (Å²) in [5.74, 6) is 0.705. The van der Waals surface area contributed by atoms with E-state index in [1.54, 1.807) is 18.7 Å². The highest BCUT2D eigenvalue weighted by Crippen LogP contribution is 2.30. The van der Waals surface area contributed by atoms with Crippen molar-refractivity contribution in [2.45, 2.75) is 40.7 Å². The first-order valence-electron chi connectivity index (χ1n) is 11.3. The van der Waals surface area contributed by atoms with Gasteiger partial charge in [-0.3, -0.25) is 4.79 Å². The highest BCUT2D eigenvalue weighted by Gasteiger charge is 2.25. The molecule has 0 aliphatic rings. The van der Waals surface area contributed by atoms with Gasteiger partial charge in [0.15, 0.2) is 23.1 Å². The number of carbonyl (C=O) groups is 2. The molecule has 2 aromatic heterocycles. The summed E-state index contributed by atoms with van der Waals surface area (Å²) in [5, 5.41) is 7.29. The predicted octanol–water partition coefficient (Wildman–Crippen LogP) is 4.16. The molecule has 0 spiro atoms. The lowest BCUT2D eigenvalue weighted by Gasteiger charge is -2.15. The summed E-state index contributed by atoms with van der Waals surface area (Å²) in [7, 11) is 3.20. The third kappa shape index (κ3) is 6.34. The highest BCUT2D eigenvalue weighted by atomic mass is 16.7. The standard InChI is InChI=1S/C25H31N5O5/c1-14(2)13-34-25(32)35-21-19(33-7)8-9-26-20(21)24(31)27-17(5)22-28-23(30(6)29-22)18-11-15(3)10-16(4)12-18/h8-12,14,17H,13H2,1-7H3,(H,27,31)/t17-/m0/s1. The molecular weight excluding hydrogens is 450 g/mol. The van der Waals surface area contributed by atoms with Crippen LogP contribution in [0.2, 0.25) is 0 Å². The Kier molecular flexibility index (Phi) is 8.06. The molecule has 0 unspecified atom stereocenters. The number of amides is 1. The molecule has 0 bridgehead atoms. The number of rotatable bonds is 8. The summed E-state index contributed by atoms with van der Waals surface area (Å²) in [4.78, 5) is 34.0. The Bertz CT molecular complexity index is 1200. The van der Waals surface area contributed by atoms with Crippen molar-refractivity contribution in [2.24, 2.45) is 13.0 Å². The van der Waals surface area contributed by atoms with Gasteiger partial charge in [0.2, 0.25) is 5.75 Å². The van der Waals surface area contributed by atoms with E-state index in [-0.39, 0.29) is 29.7 Å². The van der Waals surface area contributed by atoms with Crippen molar-refractivity contribution >= 4 is 12.1 Å². The summed E-state index contributed by atoms with van der Waals surface area (Å²) in [5.41, 5.74) is 3.05.